The molecule has 0 aliphatic heterocycles. The van der Waals surface area contributed by atoms with Crippen molar-refractivity contribution >= 4 is 11.4 Å². The Morgan fingerprint density at radius 1 is 1.16 bits per heavy atom. The van der Waals surface area contributed by atoms with Gasteiger partial charge in [0, 0.05) is 12.2 Å². The first-order chi connectivity index (χ1) is 9.11. The van der Waals surface area contributed by atoms with E-state index in [1.807, 2.05) is 17.9 Å². The first-order valence-electron chi connectivity index (χ1n) is 6.29. The van der Waals surface area contributed by atoms with Crippen LogP contribution in [0.4, 0.5) is 15.8 Å². The SMILES string of the molecule is CCN(c1ccc(F)cc1)c1ccc(C(C)O)nc1. The van der Waals surface area contributed by atoms with Gasteiger partial charge < -0.3 is 10.0 Å². The second-order valence-corrected chi connectivity index (χ2v) is 4.34. The van der Waals surface area contributed by atoms with Crippen LogP contribution in [0.2, 0.25) is 0 Å². The highest BCUT2D eigenvalue weighted by atomic mass is 19.1. The summed E-state index contributed by atoms with van der Waals surface area (Å²) < 4.78 is 12.9. The number of anilines is 2. The third-order valence-electron chi connectivity index (χ3n) is 2.96. The molecule has 1 unspecified atom stereocenters. The molecule has 3 nitrogen and oxygen atoms in total. The van der Waals surface area contributed by atoms with Crippen molar-refractivity contribution in [3.63, 3.8) is 0 Å². The molecule has 1 aromatic carbocycles. The van der Waals surface area contributed by atoms with E-state index in [0.717, 1.165) is 17.9 Å². The lowest BCUT2D eigenvalue weighted by molar-refractivity contribution is 0.194. The molecule has 0 saturated heterocycles. The predicted molar refractivity (Wildman–Crippen MR) is 74.0 cm³/mol. The molecule has 1 N–H and O–H groups in total. The van der Waals surface area contributed by atoms with E-state index in [2.05, 4.69) is 4.98 Å². The Balaban J connectivity index is 2.28. The summed E-state index contributed by atoms with van der Waals surface area (Å²) in [7, 11) is 0. The lowest BCUT2D eigenvalue weighted by atomic mass is 10.2. The minimum Gasteiger partial charge on any atom is -0.387 e. The second-order valence-electron chi connectivity index (χ2n) is 4.34. The van der Waals surface area contributed by atoms with E-state index in [0.29, 0.717) is 5.69 Å². The molecule has 0 radical (unpaired) electrons. The van der Waals surface area contributed by atoms with Gasteiger partial charge in [-0.2, -0.15) is 0 Å². The van der Waals surface area contributed by atoms with Gasteiger partial charge in [-0.25, -0.2) is 4.39 Å². The highest BCUT2D eigenvalue weighted by Gasteiger charge is 2.09. The molecule has 1 atom stereocenters. The number of benzene rings is 1. The van der Waals surface area contributed by atoms with Crippen LogP contribution in [0.5, 0.6) is 0 Å². The van der Waals surface area contributed by atoms with E-state index in [1.54, 1.807) is 31.3 Å². The van der Waals surface area contributed by atoms with Crippen molar-refractivity contribution in [2.75, 3.05) is 11.4 Å². The van der Waals surface area contributed by atoms with Gasteiger partial charge >= 0.3 is 0 Å². The fourth-order valence-electron chi connectivity index (χ4n) is 1.94. The molecule has 0 amide bonds. The van der Waals surface area contributed by atoms with Crippen molar-refractivity contribution in [3.05, 3.63) is 54.1 Å². The van der Waals surface area contributed by atoms with Gasteiger partial charge in [0.2, 0.25) is 0 Å². The number of hydrogen-bond acceptors (Lipinski definition) is 3. The molecule has 0 saturated carbocycles. The standard InChI is InChI=1S/C15H17FN2O/c1-3-18(13-6-4-12(16)5-7-13)14-8-9-15(11(2)19)17-10-14/h4-11,19H,3H2,1-2H3. The van der Waals surface area contributed by atoms with E-state index >= 15 is 0 Å². The third-order valence-corrected chi connectivity index (χ3v) is 2.96. The Morgan fingerprint density at radius 2 is 1.79 bits per heavy atom. The van der Waals surface area contributed by atoms with Crippen LogP contribution in [0.1, 0.15) is 25.6 Å². The maximum absolute atomic E-state index is 12.9. The number of pyridine rings is 1. The highest BCUT2D eigenvalue weighted by molar-refractivity contribution is 5.62. The zero-order valence-corrected chi connectivity index (χ0v) is 11.0. The number of nitrogens with zero attached hydrogens (tertiary/aromatic N) is 2. The van der Waals surface area contributed by atoms with Crippen molar-refractivity contribution < 1.29 is 9.50 Å². The molecule has 1 heterocycles. The summed E-state index contributed by atoms with van der Waals surface area (Å²) in [6.45, 7) is 4.45. The van der Waals surface area contributed by atoms with Gasteiger partial charge in [0.05, 0.1) is 23.7 Å². The van der Waals surface area contributed by atoms with Gasteiger partial charge in [0.1, 0.15) is 5.82 Å². The maximum Gasteiger partial charge on any atom is 0.123 e. The third kappa shape index (κ3) is 3.09. The topological polar surface area (TPSA) is 36.4 Å². The number of halogens is 1. The van der Waals surface area contributed by atoms with Gasteiger partial charge in [-0.1, -0.05) is 0 Å². The fraction of sp³-hybridized carbons (Fsp3) is 0.267. The average molecular weight is 260 g/mol. The lowest BCUT2D eigenvalue weighted by Crippen LogP contribution is -2.16. The number of aliphatic hydroxyl groups excluding tert-OH is 1. The van der Waals surface area contributed by atoms with Crippen molar-refractivity contribution in [2.45, 2.75) is 20.0 Å². The summed E-state index contributed by atoms with van der Waals surface area (Å²) in [6.07, 6.45) is 1.14. The summed E-state index contributed by atoms with van der Waals surface area (Å²) in [6, 6.07) is 10.1. The molecule has 2 rings (SSSR count). The molecule has 1 aromatic heterocycles. The normalized spacial score (nSPS) is 12.2. The average Bonchev–Trinajstić information content (AvgIpc) is 2.42. The predicted octanol–water partition coefficient (Wildman–Crippen LogP) is 3.43. The molecule has 19 heavy (non-hydrogen) atoms. The molecule has 0 aliphatic carbocycles. The lowest BCUT2D eigenvalue weighted by Gasteiger charge is -2.23. The molecule has 4 heteroatoms. The van der Waals surface area contributed by atoms with Crippen molar-refractivity contribution in [2.24, 2.45) is 0 Å². The van der Waals surface area contributed by atoms with Crippen LogP contribution in [-0.4, -0.2) is 16.6 Å². The number of aliphatic hydroxyl groups is 1. The van der Waals surface area contributed by atoms with Gasteiger partial charge in [-0.15, -0.1) is 0 Å². The molecule has 2 aromatic rings. The van der Waals surface area contributed by atoms with Crippen LogP contribution in [0.3, 0.4) is 0 Å². The molecule has 0 bridgehead atoms. The zero-order chi connectivity index (χ0) is 13.8. The Bertz CT molecular complexity index is 523. The molecular weight excluding hydrogens is 243 g/mol. The van der Waals surface area contributed by atoms with Crippen LogP contribution in [0.25, 0.3) is 0 Å². The molecular formula is C15H17FN2O. The first kappa shape index (κ1) is 13.5. The highest BCUT2D eigenvalue weighted by Crippen LogP contribution is 2.25. The fourth-order valence-corrected chi connectivity index (χ4v) is 1.94. The molecule has 100 valence electrons. The summed E-state index contributed by atoms with van der Waals surface area (Å²) in [5, 5.41) is 9.44. The van der Waals surface area contributed by atoms with Gasteiger partial charge in [-0.3, -0.25) is 4.98 Å². The Kier molecular flexibility index (Phi) is 4.12. The van der Waals surface area contributed by atoms with Crippen LogP contribution >= 0.6 is 0 Å². The van der Waals surface area contributed by atoms with E-state index in [4.69, 9.17) is 0 Å². The Morgan fingerprint density at radius 3 is 2.26 bits per heavy atom. The first-order valence-corrected chi connectivity index (χ1v) is 6.29. The van der Waals surface area contributed by atoms with Gasteiger partial charge in [-0.05, 0) is 50.2 Å². The maximum atomic E-state index is 12.9. The van der Waals surface area contributed by atoms with Crippen molar-refractivity contribution in [1.82, 2.24) is 4.98 Å². The van der Waals surface area contributed by atoms with Crippen molar-refractivity contribution in [1.29, 1.82) is 0 Å². The second kappa shape index (κ2) is 5.80. The van der Waals surface area contributed by atoms with E-state index < -0.39 is 6.10 Å². The van der Waals surface area contributed by atoms with E-state index in [1.165, 1.54) is 12.1 Å². The largest absolute Gasteiger partial charge is 0.387 e. The van der Waals surface area contributed by atoms with E-state index in [9.17, 15) is 9.50 Å². The Labute approximate surface area is 112 Å². The molecule has 0 aliphatic rings. The van der Waals surface area contributed by atoms with Crippen LogP contribution in [0, 0.1) is 5.82 Å². The smallest absolute Gasteiger partial charge is 0.123 e. The summed E-state index contributed by atoms with van der Waals surface area (Å²) in [5.41, 5.74) is 2.47. The van der Waals surface area contributed by atoms with Gasteiger partial charge in [0.25, 0.3) is 0 Å². The van der Waals surface area contributed by atoms with Gasteiger partial charge in [0.15, 0.2) is 0 Å². The Hall–Kier alpha value is -1.94. The molecule has 0 spiro atoms. The zero-order valence-electron chi connectivity index (χ0n) is 11.0. The number of hydrogen-bond donors (Lipinski definition) is 1. The van der Waals surface area contributed by atoms with Crippen LogP contribution < -0.4 is 4.90 Å². The summed E-state index contributed by atoms with van der Waals surface area (Å²) in [5.74, 6) is -0.248. The summed E-state index contributed by atoms with van der Waals surface area (Å²) >= 11 is 0. The quantitative estimate of drug-likeness (QED) is 0.915. The molecule has 0 fully saturated rings. The van der Waals surface area contributed by atoms with E-state index in [-0.39, 0.29) is 5.82 Å². The number of aromatic nitrogens is 1. The minimum atomic E-state index is -0.574. The summed E-state index contributed by atoms with van der Waals surface area (Å²) in [4.78, 5) is 6.25. The van der Waals surface area contributed by atoms with Crippen LogP contribution in [0.15, 0.2) is 42.6 Å². The van der Waals surface area contributed by atoms with Crippen molar-refractivity contribution in [3.8, 4) is 0 Å². The number of rotatable bonds is 4. The monoisotopic (exact) mass is 260 g/mol. The van der Waals surface area contributed by atoms with Crippen LogP contribution in [-0.2, 0) is 0 Å². The minimum absolute atomic E-state index is 0.248.